The first-order valence-corrected chi connectivity index (χ1v) is 7.88. The summed E-state index contributed by atoms with van der Waals surface area (Å²) < 4.78 is 22.8. The molecule has 0 radical (unpaired) electrons. The standard InChI is InChI=1S/C11H11N3O4S2/c12-20(17,18)10-5-1-4-9(11(10)14(15)16)13-7-8-3-2-6-19-8/h1-6,13H,7H2,(H2,12,17,18). The molecule has 2 rings (SSSR count). The Balaban J connectivity index is 2.40. The quantitative estimate of drug-likeness (QED) is 0.646. The maximum Gasteiger partial charge on any atom is 0.312 e. The number of sulfonamides is 1. The summed E-state index contributed by atoms with van der Waals surface area (Å²) in [4.78, 5) is 10.8. The van der Waals surface area contributed by atoms with Crippen LogP contribution in [-0.4, -0.2) is 13.3 Å². The first-order valence-electron chi connectivity index (χ1n) is 5.46. The molecule has 0 aliphatic rings. The number of rotatable bonds is 5. The van der Waals surface area contributed by atoms with Gasteiger partial charge >= 0.3 is 5.69 Å². The van der Waals surface area contributed by atoms with E-state index in [-0.39, 0.29) is 5.69 Å². The van der Waals surface area contributed by atoms with E-state index in [2.05, 4.69) is 5.32 Å². The topological polar surface area (TPSA) is 115 Å². The monoisotopic (exact) mass is 313 g/mol. The Labute approximate surface area is 119 Å². The largest absolute Gasteiger partial charge is 0.375 e. The zero-order valence-corrected chi connectivity index (χ0v) is 11.8. The Kier molecular flexibility index (Phi) is 4.02. The number of nitro groups is 1. The summed E-state index contributed by atoms with van der Waals surface area (Å²) in [5.41, 5.74) is -0.415. The van der Waals surface area contributed by atoms with E-state index in [1.807, 2.05) is 17.5 Å². The minimum Gasteiger partial charge on any atom is -0.375 e. The molecule has 0 fully saturated rings. The lowest BCUT2D eigenvalue weighted by atomic mass is 10.2. The van der Waals surface area contributed by atoms with E-state index < -0.39 is 25.5 Å². The van der Waals surface area contributed by atoms with Crippen molar-refractivity contribution in [3.05, 3.63) is 50.7 Å². The van der Waals surface area contributed by atoms with E-state index in [0.29, 0.717) is 6.54 Å². The molecular formula is C11H11N3O4S2. The van der Waals surface area contributed by atoms with E-state index in [1.54, 1.807) is 0 Å². The Bertz CT molecular complexity index is 726. The highest BCUT2D eigenvalue weighted by Gasteiger charge is 2.26. The van der Waals surface area contributed by atoms with Crippen molar-refractivity contribution in [2.75, 3.05) is 5.32 Å². The number of primary sulfonamides is 1. The Morgan fingerprint density at radius 1 is 1.30 bits per heavy atom. The molecule has 9 heteroatoms. The number of anilines is 1. The van der Waals surface area contributed by atoms with E-state index in [0.717, 1.165) is 10.9 Å². The second-order valence-electron chi connectivity index (χ2n) is 3.89. The summed E-state index contributed by atoms with van der Waals surface area (Å²) in [5, 5.41) is 20.8. The van der Waals surface area contributed by atoms with Crippen LogP contribution >= 0.6 is 11.3 Å². The van der Waals surface area contributed by atoms with Gasteiger partial charge in [0.05, 0.1) is 4.92 Å². The van der Waals surface area contributed by atoms with Crippen LogP contribution in [0.25, 0.3) is 0 Å². The normalized spacial score (nSPS) is 11.2. The lowest BCUT2D eigenvalue weighted by molar-refractivity contribution is -0.386. The second-order valence-corrected chi connectivity index (χ2v) is 6.45. The number of hydrogen-bond acceptors (Lipinski definition) is 6. The number of nitro benzene ring substituents is 1. The highest BCUT2D eigenvalue weighted by Crippen LogP contribution is 2.31. The van der Waals surface area contributed by atoms with Gasteiger partial charge in [0.15, 0.2) is 4.90 Å². The Hall–Kier alpha value is -1.97. The van der Waals surface area contributed by atoms with Crippen LogP contribution in [0.15, 0.2) is 40.6 Å². The molecule has 0 amide bonds. The Morgan fingerprint density at radius 2 is 2.05 bits per heavy atom. The molecule has 0 saturated heterocycles. The van der Waals surface area contributed by atoms with Crippen LogP contribution in [0.5, 0.6) is 0 Å². The van der Waals surface area contributed by atoms with Gasteiger partial charge in [0.25, 0.3) is 0 Å². The molecule has 0 aliphatic heterocycles. The van der Waals surface area contributed by atoms with E-state index in [1.165, 1.54) is 23.5 Å². The maximum absolute atomic E-state index is 11.4. The van der Waals surface area contributed by atoms with Crippen LogP contribution in [0.2, 0.25) is 0 Å². The van der Waals surface area contributed by atoms with Crippen LogP contribution in [0.1, 0.15) is 4.88 Å². The fourth-order valence-corrected chi connectivity index (χ4v) is 3.05. The van der Waals surface area contributed by atoms with Crippen molar-refractivity contribution in [2.45, 2.75) is 11.4 Å². The van der Waals surface area contributed by atoms with Gasteiger partial charge in [-0.1, -0.05) is 12.1 Å². The van der Waals surface area contributed by atoms with Crippen LogP contribution < -0.4 is 10.5 Å². The first-order chi connectivity index (χ1) is 9.39. The van der Waals surface area contributed by atoms with Crippen molar-refractivity contribution in [2.24, 2.45) is 5.14 Å². The molecule has 0 atom stereocenters. The number of hydrogen-bond donors (Lipinski definition) is 2. The summed E-state index contributed by atoms with van der Waals surface area (Å²) in [6.45, 7) is 0.368. The van der Waals surface area contributed by atoms with E-state index in [9.17, 15) is 18.5 Å². The molecule has 0 aliphatic carbocycles. The third kappa shape index (κ3) is 3.13. The number of nitrogens with one attached hydrogen (secondary N) is 1. The number of nitrogens with two attached hydrogens (primary N) is 1. The van der Waals surface area contributed by atoms with Crippen molar-refractivity contribution in [1.29, 1.82) is 0 Å². The van der Waals surface area contributed by atoms with Crippen LogP contribution in [0.3, 0.4) is 0 Å². The summed E-state index contributed by atoms with van der Waals surface area (Å²) in [6, 6.07) is 7.69. The molecule has 0 bridgehead atoms. The third-order valence-electron chi connectivity index (χ3n) is 2.52. The van der Waals surface area contributed by atoms with Gasteiger partial charge in [0.1, 0.15) is 5.69 Å². The van der Waals surface area contributed by atoms with Gasteiger partial charge in [-0.3, -0.25) is 10.1 Å². The van der Waals surface area contributed by atoms with Crippen LogP contribution in [-0.2, 0) is 16.6 Å². The molecule has 106 valence electrons. The fraction of sp³-hybridized carbons (Fsp3) is 0.0909. The lowest BCUT2D eigenvalue weighted by Crippen LogP contribution is -2.15. The van der Waals surface area contributed by atoms with E-state index in [4.69, 9.17) is 5.14 Å². The number of thiophene rings is 1. The second kappa shape index (κ2) is 5.57. The molecule has 20 heavy (non-hydrogen) atoms. The van der Waals surface area contributed by atoms with Crippen molar-refractivity contribution < 1.29 is 13.3 Å². The molecule has 0 spiro atoms. The van der Waals surface area contributed by atoms with Crippen LogP contribution in [0.4, 0.5) is 11.4 Å². The maximum atomic E-state index is 11.4. The number of para-hydroxylation sites is 1. The molecular weight excluding hydrogens is 302 g/mol. The summed E-state index contributed by atoms with van der Waals surface area (Å²) >= 11 is 1.49. The van der Waals surface area contributed by atoms with Crippen molar-refractivity contribution in [3.63, 3.8) is 0 Å². The zero-order chi connectivity index (χ0) is 14.8. The highest BCUT2D eigenvalue weighted by atomic mass is 32.2. The van der Waals surface area contributed by atoms with Crippen molar-refractivity contribution >= 4 is 32.7 Å². The average molecular weight is 313 g/mol. The molecule has 1 aromatic heterocycles. The van der Waals surface area contributed by atoms with E-state index >= 15 is 0 Å². The van der Waals surface area contributed by atoms with Crippen molar-refractivity contribution in [3.8, 4) is 0 Å². The summed E-state index contributed by atoms with van der Waals surface area (Å²) in [7, 11) is -4.15. The van der Waals surface area contributed by atoms with Gasteiger partial charge < -0.3 is 5.32 Å². The first kappa shape index (κ1) is 14.4. The predicted molar refractivity (Wildman–Crippen MR) is 76.1 cm³/mol. The van der Waals surface area contributed by atoms with Gasteiger partial charge in [-0.05, 0) is 23.6 Å². The van der Waals surface area contributed by atoms with Crippen LogP contribution in [0, 0.1) is 10.1 Å². The summed E-state index contributed by atoms with van der Waals surface area (Å²) in [5.74, 6) is 0. The minimum atomic E-state index is -4.15. The molecule has 1 aromatic carbocycles. The molecule has 0 unspecified atom stereocenters. The molecule has 1 heterocycles. The van der Waals surface area contributed by atoms with Crippen molar-refractivity contribution in [1.82, 2.24) is 0 Å². The van der Waals surface area contributed by atoms with Gasteiger partial charge in [-0.15, -0.1) is 11.3 Å². The molecule has 0 saturated carbocycles. The van der Waals surface area contributed by atoms with Gasteiger partial charge in [-0.2, -0.15) is 0 Å². The summed E-state index contributed by atoms with van der Waals surface area (Å²) in [6.07, 6.45) is 0. The predicted octanol–water partition coefficient (Wildman–Crippen LogP) is 1.92. The molecule has 7 nitrogen and oxygen atoms in total. The fourth-order valence-electron chi connectivity index (χ4n) is 1.68. The van der Waals surface area contributed by atoms with Gasteiger partial charge in [0, 0.05) is 11.4 Å². The molecule has 3 N–H and O–H groups in total. The average Bonchev–Trinajstić information content (AvgIpc) is 2.87. The highest BCUT2D eigenvalue weighted by molar-refractivity contribution is 7.89. The third-order valence-corrected chi connectivity index (χ3v) is 4.34. The lowest BCUT2D eigenvalue weighted by Gasteiger charge is -2.08. The number of nitrogens with zero attached hydrogens (tertiary/aromatic N) is 1. The SMILES string of the molecule is NS(=O)(=O)c1cccc(NCc2cccs2)c1[N+](=O)[O-]. The Morgan fingerprint density at radius 3 is 2.60 bits per heavy atom. The molecule has 2 aromatic rings. The van der Waals surface area contributed by atoms with Gasteiger partial charge in [0.2, 0.25) is 10.0 Å². The smallest absolute Gasteiger partial charge is 0.312 e. The van der Waals surface area contributed by atoms with Gasteiger partial charge in [-0.25, -0.2) is 13.6 Å². The number of benzene rings is 1. The zero-order valence-electron chi connectivity index (χ0n) is 10.1. The minimum absolute atomic E-state index is 0.120.